The third-order valence-corrected chi connectivity index (χ3v) is 2.93. The molecule has 0 aliphatic heterocycles. The molecule has 3 heteroatoms. The van der Waals surface area contributed by atoms with Crippen molar-refractivity contribution in [1.82, 2.24) is 5.32 Å². The summed E-state index contributed by atoms with van der Waals surface area (Å²) in [6.45, 7) is 0.686. The molecule has 0 aromatic heterocycles. The largest absolute Gasteiger partial charge is 0.496 e. The normalized spacial score (nSPS) is 16.1. The topological polar surface area (TPSA) is 21.3 Å². The average molecular weight is 209 g/mol. The van der Waals surface area contributed by atoms with E-state index in [4.69, 9.17) is 4.74 Å². The van der Waals surface area contributed by atoms with E-state index in [0.29, 0.717) is 12.6 Å². The molecule has 1 aliphatic rings. The van der Waals surface area contributed by atoms with E-state index in [2.05, 4.69) is 5.32 Å². The van der Waals surface area contributed by atoms with Gasteiger partial charge < -0.3 is 10.1 Å². The second-order valence-corrected chi connectivity index (χ2v) is 3.96. The van der Waals surface area contributed by atoms with Crippen LogP contribution in [0.1, 0.15) is 24.8 Å². The maximum atomic E-state index is 13.0. The van der Waals surface area contributed by atoms with Crippen LogP contribution < -0.4 is 10.1 Å². The first-order valence-electron chi connectivity index (χ1n) is 5.35. The van der Waals surface area contributed by atoms with Crippen LogP contribution in [-0.4, -0.2) is 13.2 Å². The van der Waals surface area contributed by atoms with Crippen molar-refractivity contribution >= 4 is 0 Å². The first-order chi connectivity index (χ1) is 7.29. The molecule has 0 saturated heterocycles. The number of nitrogens with one attached hydrogen (secondary N) is 1. The van der Waals surface area contributed by atoms with E-state index in [1.165, 1.54) is 31.4 Å². The average Bonchev–Trinajstić information content (AvgIpc) is 2.16. The van der Waals surface area contributed by atoms with Crippen molar-refractivity contribution in [3.8, 4) is 5.75 Å². The van der Waals surface area contributed by atoms with E-state index in [-0.39, 0.29) is 5.82 Å². The molecule has 0 spiro atoms. The van der Waals surface area contributed by atoms with Crippen LogP contribution >= 0.6 is 0 Å². The highest BCUT2D eigenvalue weighted by Gasteiger charge is 2.16. The Morgan fingerprint density at radius 1 is 1.47 bits per heavy atom. The molecule has 0 radical (unpaired) electrons. The summed E-state index contributed by atoms with van der Waals surface area (Å²) in [5.41, 5.74) is 0.893. The van der Waals surface area contributed by atoms with Crippen LogP contribution in [0.3, 0.4) is 0 Å². The molecule has 2 nitrogen and oxygen atoms in total. The molecule has 0 amide bonds. The first-order valence-corrected chi connectivity index (χ1v) is 5.35. The number of benzene rings is 1. The number of hydrogen-bond donors (Lipinski definition) is 1. The van der Waals surface area contributed by atoms with Gasteiger partial charge in [0.05, 0.1) is 7.11 Å². The summed E-state index contributed by atoms with van der Waals surface area (Å²) in [4.78, 5) is 0. The van der Waals surface area contributed by atoms with Gasteiger partial charge in [0.25, 0.3) is 0 Å². The smallest absolute Gasteiger partial charge is 0.123 e. The highest BCUT2D eigenvalue weighted by molar-refractivity contribution is 5.33. The molecule has 0 unspecified atom stereocenters. The van der Waals surface area contributed by atoms with E-state index in [1.807, 2.05) is 0 Å². The van der Waals surface area contributed by atoms with Crippen molar-refractivity contribution in [3.05, 3.63) is 29.6 Å². The fourth-order valence-electron chi connectivity index (χ4n) is 1.75. The fourth-order valence-corrected chi connectivity index (χ4v) is 1.75. The Morgan fingerprint density at radius 2 is 2.27 bits per heavy atom. The molecule has 1 aromatic rings. The van der Waals surface area contributed by atoms with Gasteiger partial charge in [-0.05, 0) is 31.0 Å². The van der Waals surface area contributed by atoms with Crippen molar-refractivity contribution < 1.29 is 9.13 Å². The van der Waals surface area contributed by atoms with E-state index >= 15 is 0 Å². The molecule has 0 atom stereocenters. The molecular weight excluding hydrogens is 193 g/mol. The van der Waals surface area contributed by atoms with Crippen molar-refractivity contribution in [2.45, 2.75) is 31.8 Å². The van der Waals surface area contributed by atoms with E-state index in [0.717, 1.165) is 11.3 Å². The van der Waals surface area contributed by atoms with Crippen molar-refractivity contribution in [2.24, 2.45) is 0 Å². The van der Waals surface area contributed by atoms with Crippen LogP contribution in [-0.2, 0) is 6.54 Å². The monoisotopic (exact) mass is 209 g/mol. The molecular formula is C12H16FNO. The molecule has 1 saturated carbocycles. The summed E-state index contributed by atoms with van der Waals surface area (Å²) in [5, 5.41) is 3.39. The zero-order chi connectivity index (χ0) is 10.7. The predicted octanol–water partition coefficient (Wildman–Crippen LogP) is 2.48. The number of ether oxygens (including phenoxy) is 1. The lowest BCUT2D eigenvalue weighted by atomic mass is 9.93. The van der Waals surface area contributed by atoms with Crippen LogP contribution in [0.25, 0.3) is 0 Å². The Bertz CT molecular complexity index is 336. The minimum atomic E-state index is -0.207. The Morgan fingerprint density at radius 3 is 2.87 bits per heavy atom. The van der Waals surface area contributed by atoms with Gasteiger partial charge in [-0.3, -0.25) is 0 Å². The highest BCUT2D eigenvalue weighted by Crippen LogP contribution is 2.22. The second-order valence-electron chi connectivity index (χ2n) is 3.96. The molecule has 1 N–H and O–H groups in total. The molecule has 0 bridgehead atoms. The number of halogens is 1. The van der Waals surface area contributed by atoms with E-state index in [9.17, 15) is 4.39 Å². The lowest BCUT2D eigenvalue weighted by Gasteiger charge is -2.26. The fraction of sp³-hybridized carbons (Fsp3) is 0.500. The van der Waals surface area contributed by atoms with Crippen LogP contribution in [0, 0.1) is 5.82 Å². The molecule has 2 rings (SSSR count). The van der Waals surface area contributed by atoms with Gasteiger partial charge in [0.1, 0.15) is 11.6 Å². The molecule has 0 heterocycles. The van der Waals surface area contributed by atoms with Gasteiger partial charge in [0.2, 0.25) is 0 Å². The van der Waals surface area contributed by atoms with E-state index < -0.39 is 0 Å². The van der Waals surface area contributed by atoms with E-state index in [1.54, 1.807) is 13.2 Å². The molecule has 1 fully saturated rings. The van der Waals surface area contributed by atoms with Gasteiger partial charge in [0, 0.05) is 18.2 Å². The predicted molar refractivity (Wildman–Crippen MR) is 57.4 cm³/mol. The minimum Gasteiger partial charge on any atom is -0.496 e. The SMILES string of the molecule is COc1ccc(F)cc1CNC1CCC1. The molecule has 1 aliphatic carbocycles. The number of methoxy groups -OCH3 is 1. The lowest BCUT2D eigenvalue weighted by molar-refractivity contribution is 0.334. The summed E-state index contributed by atoms with van der Waals surface area (Å²) in [5.74, 6) is 0.546. The Balaban J connectivity index is 2.00. The molecule has 82 valence electrons. The maximum Gasteiger partial charge on any atom is 0.123 e. The highest BCUT2D eigenvalue weighted by atomic mass is 19.1. The van der Waals surface area contributed by atoms with Crippen molar-refractivity contribution in [3.63, 3.8) is 0 Å². The van der Waals surface area contributed by atoms with Crippen LogP contribution in [0.2, 0.25) is 0 Å². The zero-order valence-electron chi connectivity index (χ0n) is 8.92. The zero-order valence-corrected chi connectivity index (χ0v) is 8.92. The number of rotatable bonds is 4. The standard InChI is InChI=1S/C12H16FNO/c1-15-12-6-5-10(13)7-9(12)8-14-11-3-2-4-11/h5-7,11,14H,2-4,8H2,1H3. The lowest BCUT2D eigenvalue weighted by Crippen LogP contribution is -2.34. The van der Waals surface area contributed by atoms with Crippen molar-refractivity contribution in [2.75, 3.05) is 7.11 Å². The van der Waals surface area contributed by atoms with Gasteiger partial charge in [-0.1, -0.05) is 6.42 Å². The van der Waals surface area contributed by atoms with Crippen LogP contribution in [0.4, 0.5) is 4.39 Å². The molecule has 1 aromatic carbocycles. The molecule has 15 heavy (non-hydrogen) atoms. The first kappa shape index (κ1) is 10.4. The third-order valence-electron chi connectivity index (χ3n) is 2.93. The van der Waals surface area contributed by atoms with Gasteiger partial charge in [-0.25, -0.2) is 4.39 Å². The van der Waals surface area contributed by atoms with Crippen LogP contribution in [0.15, 0.2) is 18.2 Å². The minimum absolute atomic E-state index is 0.207. The Kier molecular flexibility index (Phi) is 3.21. The van der Waals surface area contributed by atoms with Gasteiger partial charge >= 0.3 is 0 Å². The quantitative estimate of drug-likeness (QED) is 0.822. The third kappa shape index (κ3) is 2.48. The van der Waals surface area contributed by atoms with Crippen LogP contribution in [0.5, 0.6) is 5.75 Å². The summed E-state index contributed by atoms with van der Waals surface area (Å²) in [6, 6.07) is 5.24. The summed E-state index contributed by atoms with van der Waals surface area (Å²) >= 11 is 0. The van der Waals surface area contributed by atoms with Gasteiger partial charge in [-0.2, -0.15) is 0 Å². The number of hydrogen-bond acceptors (Lipinski definition) is 2. The summed E-state index contributed by atoms with van der Waals surface area (Å²) in [6.07, 6.45) is 3.77. The summed E-state index contributed by atoms with van der Waals surface area (Å²) < 4.78 is 18.2. The van der Waals surface area contributed by atoms with Gasteiger partial charge in [0.15, 0.2) is 0 Å². The summed E-state index contributed by atoms with van der Waals surface area (Å²) in [7, 11) is 1.61. The second kappa shape index (κ2) is 4.62. The van der Waals surface area contributed by atoms with Crippen molar-refractivity contribution in [1.29, 1.82) is 0 Å². The Hall–Kier alpha value is -1.09. The van der Waals surface area contributed by atoms with Gasteiger partial charge in [-0.15, -0.1) is 0 Å². The maximum absolute atomic E-state index is 13.0. The Labute approximate surface area is 89.4 Å².